The summed E-state index contributed by atoms with van der Waals surface area (Å²) in [4.78, 5) is 201. The van der Waals surface area contributed by atoms with Crippen molar-refractivity contribution in [3.05, 3.63) is 0 Å². The Balaban J connectivity index is 4.12. The fourth-order valence-corrected chi connectivity index (χ4v) is 11.2. The molecule has 3 unspecified atom stereocenters. The smallest absolute Gasteiger partial charge is 0.329 e. The van der Waals surface area contributed by atoms with Crippen LogP contribution in [0, 0.1) is 47.3 Å². The molecule has 14 atom stereocenters. The molecule has 1 fully saturated rings. The monoisotopic (exact) mass is 1380 g/mol. The molecule has 0 bridgehead atoms. The van der Waals surface area contributed by atoms with Crippen molar-refractivity contribution in [2.24, 2.45) is 47.3 Å². The van der Waals surface area contributed by atoms with E-state index in [1.807, 2.05) is 55.4 Å². The van der Waals surface area contributed by atoms with Crippen molar-refractivity contribution < 1.29 is 76.6 Å². The highest BCUT2D eigenvalue weighted by atomic mass is 16.5. The van der Waals surface area contributed by atoms with Gasteiger partial charge in [0.2, 0.25) is 76.8 Å². The van der Waals surface area contributed by atoms with E-state index < -0.39 is 185 Å². The fraction of sp³-hybridized carbons (Fsp3) is 0.794. The molecule has 0 aromatic rings. The number of rotatable bonds is 21. The zero-order chi connectivity index (χ0) is 74.5. The average molecular weight is 1380 g/mol. The lowest BCUT2D eigenvalue weighted by molar-refractivity contribution is -0.163. The Morgan fingerprint density at radius 1 is 0.567 bits per heavy atom. The van der Waals surface area contributed by atoms with Gasteiger partial charge in [-0.15, -0.1) is 0 Å². The van der Waals surface area contributed by atoms with Crippen LogP contribution in [0.25, 0.3) is 0 Å². The third-order valence-electron chi connectivity index (χ3n) is 17.5. The number of cyclic esters (lactones) is 1. The first-order valence-electron chi connectivity index (χ1n) is 34.6. The standard InChI is InChI=1S/C68H121N13O16/c1-23-41(14)55-63(90)77-53(39(10)11)62(89)72-44(17)59(86)69-29-26-49(82)74-47(33-37(6)7)66(93)81(21)58(43(16)25-3)68(95)97-45(18)56(78-60(87)48(34-38(8)9)79(19)67(94)54(40(12)13)76-52(85)35-96-22)61(88)70-30-27-50(83)73-46(32-36(4)5)65(92)80(20)57(42(15)24-2)64(91)71-31-28-51(84)75-55/h36-48,53-58H,23-35H2,1-22H3,(H,69,86)(H,70,88)(H,71,91)(H,72,89)(H,73,83)(H,74,82)(H,75,84)(H,76,85)(H,77,90)(H,78,87)/t41-,42-,43-,44-,45+,46+,47?,48+,53?,54-,55+,56-,57?,58+/m0/s1. The van der Waals surface area contributed by atoms with Gasteiger partial charge in [-0.2, -0.15) is 0 Å². The number of hydrogen-bond acceptors (Lipinski definition) is 16. The Labute approximate surface area is 575 Å². The molecular weight excluding hydrogens is 1250 g/mol. The lowest BCUT2D eigenvalue weighted by atomic mass is 9.95. The molecule has 0 aromatic heterocycles. The Morgan fingerprint density at radius 3 is 1.45 bits per heavy atom. The number of esters is 1. The van der Waals surface area contributed by atoms with E-state index in [0.717, 1.165) is 4.90 Å². The summed E-state index contributed by atoms with van der Waals surface area (Å²) in [6, 6.07) is -12.3. The Morgan fingerprint density at radius 2 is 1.01 bits per heavy atom. The van der Waals surface area contributed by atoms with Gasteiger partial charge in [-0.1, -0.05) is 130 Å². The van der Waals surface area contributed by atoms with Crippen LogP contribution in [0.15, 0.2) is 0 Å². The lowest BCUT2D eigenvalue weighted by Gasteiger charge is -2.36. The molecule has 554 valence electrons. The number of methoxy groups -OCH3 is 1. The highest BCUT2D eigenvalue weighted by Crippen LogP contribution is 2.23. The first-order valence-corrected chi connectivity index (χ1v) is 34.6. The second kappa shape index (κ2) is 43.1. The molecule has 10 N–H and O–H groups in total. The van der Waals surface area contributed by atoms with Crippen molar-refractivity contribution >= 4 is 82.8 Å². The SMILES string of the molecule is CC[C@H](C)C1C(=O)NCCC(=O)N[C@H]([C@@H](C)CC)C(=O)NC(C(C)C)C(=O)N[C@@H](C)C(=O)NCCC(=O)NC(CC(C)C)C(=O)N(C)[C@H]([C@@H](C)CC)C(=O)O[C@H](C)[C@H](NC(=O)[C@@H](CC(C)C)N(C)C(=O)[C@@H](NC(=O)COC)C(C)C)C(=O)NCCC(=O)N[C@H](CC(C)C)C(=O)N1C. The normalized spacial score (nSPS) is 24.9. The zero-order valence-corrected chi connectivity index (χ0v) is 62.0. The molecule has 29 heteroatoms. The van der Waals surface area contributed by atoms with Gasteiger partial charge in [0.15, 0.2) is 0 Å². The minimum Gasteiger partial charge on any atom is -0.458 e. The van der Waals surface area contributed by atoms with E-state index in [2.05, 4.69) is 53.2 Å². The molecule has 1 aliphatic rings. The molecule has 1 rings (SSSR count). The molecule has 1 saturated heterocycles. The predicted octanol–water partition coefficient (Wildman–Crippen LogP) is 1.58. The second-order valence-corrected chi connectivity index (χ2v) is 28.0. The number of hydrogen-bond donors (Lipinski definition) is 10. The van der Waals surface area contributed by atoms with Crippen molar-refractivity contribution in [3.8, 4) is 0 Å². The van der Waals surface area contributed by atoms with Gasteiger partial charge >= 0.3 is 5.97 Å². The molecular formula is C68H121N13O16. The van der Waals surface area contributed by atoms with Crippen molar-refractivity contribution in [3.63, 3.8) is 0 Å². The number of ether oxygens (including phenoxy) is 2. The van der Waals surface area contributed by atoms with Gasteiger partial charge in [0.1, 0.15) is 73.1 Å². The number of nitrogens with one attached hydrogen (secondary N) is 10. The van der Waals surface area contributed by atoms with Crippen molar-refractivity contribution in [1.82, 2.24) is 67.9 Å². The van der Waals surface area contributed by atoms with E-state index in [9.17, 15) is 67.1 Å². The number of carbonyl (C=O) groups excluding carboxylic acids is 14. The fourth-order valence-electron chi connectivity index (χ4n) is 11.2. The molecule has 0 spiro atoms. The number of likely N-dealkylation sites (N-methyl/N-ethyl adjacent to an activating group) is 3. The summed E-state index contributed by atoms with van der Waals surface area (Å²) in [5.74, 6) is -12.7. The maximum Gasteiger partial charge on any atom is 0.329 e. The Hall–Kier alpha value is -7.46. The molecule has 1 aliphatic heterocycles. The van der Waals surface area contributed by atoms with E-state index in [1.165, 1.54) is 51.9 Å². The van der Waals surface area contributed by atoms with Crippen LogP contribution in [0.3, 0.4) is 0 Å². The molecule has 97 heavy (non-hydrogen) atoms. The van der Waals surface area contributed by atoms with Gasteiger partial charge in [0.05, 0.1) is 0 Å². The van der Waals surface area contributed by atoms with Crippen LogP contribution in [-0.4, -0.2) is 218 Å². The topological polar surface area (TPSA) is 387 Å². The quantitative estimate of drug-likeness (QED) is 0.0730. The van der Waals surface area contributed by atoms with Gasteiger partial charge in [-0.25, -0.2) is 4.79 Å². The maximum atomic E-state index is 14.8. The number of carbonyl (C=O) groups is 14. The van der Waals surface area contributed by atoms with E-state index in [-0.39, 0.29) is 76.1 Å². The maximum absolute atomic E-state index is 14.8. The molecule has 0 aliphatic carbocycles. The first kappa shape index (κ1) is 87.6. The number of nitrogens with zero attached hydrogens (tertiary/aromatic N) is 3. The van der Waals surface area contributed by atoms with Gasteiger partial charge in [0.25, 0.3) is 0 Å². The summed E-state index contributed by atoms with van der Waals surface area (Å²) in [7, 11) is 5.52. The van der Waals surface area contributed by atoms with Gasteiger partial charge < -0.3 is 77.3 Å². The van der Waals surface area contributed by atoms with E-state index in [1.54, 1.807) is 55.4 Å². The predicted molar refractivity (Wildman–Crippen MR) is 366 cm³/mol. The second-order valence-electron chi connectivity index (χ2n) is 28.0. The average Bonchev–Trinajstić information content (AvgIpc) is 0.858. The highest BCUT2D eigenvalue weighted by molar-refractivity contribution is 5.97. The molecule has 0 radical (unpaired) electrons. The largest absolute Gasteiger partial charge is 0.458 e. The summed E-state index contributed by atoms with van der Waals surface area (Å²) < 4.78 is 11.1. The van der Waals surface area contributed by atoms with Crippen LogP contribution in [0.2, 0.25) is 0 Å². The summed E-state index contributed by atoms with van der Waals surface area (Å²) in [5.41, 5.74) is 0. The van der Waals surface area contributed by atoms with E-state index in [0.29, 0.717) is 19.3 Å². The molecule has 0 saturated carbocycles. The minimum atomic E-state index is -1.73. The van der Waals surface area contributed by atoms with Crippen LogP contribution in [0.4, 0.5) is 0 Å². The minimum absolute atomic E-state index is 0.0607. The van der Waals surface area contributed by atoms with Crippen LogP contribution in [0.1, 0.15) is 182 Å². The van der Waals surface area contributed by atoms with Crippen molar-refractivity contribution in [2.75, 3.05) is 54.5 Å². The molecule has 1 heterocycles. The highest BCUT2D eigenvalue weighted by Gasteiger charge is 2.42. The molecule has 13 amide bonds. The van der Waals surface area contributed by atoms with Crippen molar-refractivity contribution in [1.29, 1.82) is 0 Å². The van der Waals surface area contributed by atoms with E-state index >= 15 is 0 Å². The Kier molecular flexibility index (Phi) is 38.9. The summed E-state index contributed by atoms with van der Waals surface area (Å²) >= 11 is 0. The van der Waals surface area contributed by atoms with E-state index in [4.69, 9.17) is 9.47 Å². The molecule has 0 aromatic carbocycles. The van der Waals surface area contributed by atoms with Crippen LogP contribution in [-0.2, 0) is 76.6 Å². The summed E-state index contributed by atoms with van der Waals surface area (Å²) in [5, 5.41) is 27.0. The zero-order valence-electron chi connectivity index (χ0n) is 62.0. The van der Waals surface area contributed by atoms with Gasteiger partial charge in [-0.05, 0) is 80.5 Å². The molecule has 29 nitrogen and oxygen atoms in total. The first-order chi connectivity index (χ1) is 45.2. The van der Waals surface area contributed by atoms with Crippen LogP contribution < -0.4 is 53.2 Å². The summed E-state index contributed by atoms with van der Waals surface area (Å²) in [6.07, 6.45) is -1.01. The van der Waals surface area contributed by atoms with Gasteiger partial charge in [0, 0.05) is 67.1 Å². The van der Waals surface area contributed by atoms with Crippen LogP contribution in [0.5, 0.6) is 0 Å². The number of amides is 13. The van der Waals surface area contributed by atoms with Crippen molar-refractivity contribution in [2.45, 2.75) is 249 Å². The third-order valence-corrected chi connectivity index (χ3v) is 17.5. The Bertz CT molecular complexity index is 2660. The lowest BCUT2D eigenvalue weighted by Crippen LogP contribution is -2.61. The third kappa shape index (κ3) is 28.9. The summed E-state index contributed by atoms with van der Waals surface area (Å²) in [6.45, 7) is 30.0. The van der Waals surface area contributed by atoms with Gasteiger partial charge in [-0.3, -0.25) is 62.3 Å². The van der Waals surface area contributed by atoms with Crippen LogP contribution >= 0.6 is 0 Å².